The molecule has 0 bridgehead atoms. The molecule has 3 N–H and O–H groups in total. The maximum Gasteiger partial charge on any atom is 0.148 e. The van der Waals surface area contributed by atoms with Crippen molar-refractivity contribution in [3.8, 4) is 0 Å². The molecule has 0 saturated heterocycles. The molecule has 0 radical (unpaired) electrons. The van der Waals surface area contributed by atoms with Gasteiger partial charge in [-0.2, -0.15) is 5.10 Å². The standard InChI is InChI=1S/C14H19ClN4/c1-4-12-13(16)14(19(3)18-12)17-9(2)10-6-5-7-11(15)8-10/h5-9,17H,4,16H2,1-3H3. The average molecular weight is 279 g/mol. The first kappa shape index (κ1) is 13.7. The lowest BCUT2D eigenvalue weighted by molar-refractivity contribution is 0.734. The summed E-state index contributed by atoms with van der Waals surface area (Å²) in [5.41, 5.74) is 8.86. The number of nitrogens with one attached hydrogen (secondary N) is 1. The average Bonchev–Trinajstić information content (AvgIpc) is 2.66. The van der Waals surface area contributed by atoms with Crippen LogP contribution in [0.25, 0.3) is 0 Å². The smallest absolute Gasteiger partial charge is 0.148 e. The summed E-state index contributed by atoms with van der Waals surface area (Å²) in [6, 6.07) is 7.91. The van der Waals surface area contributed by atoms with Gasteiger partial charge in [0.25, 0.3) is 0 Å². The van der Waals surface area contributed by atoms with Crippen LogP contribution in [-0.4, -0.2) is 9.78 Å². The Morgan fingerprint density at radius 1 is 1.47 bits per heavy atom. The number of halogens is 1. The highest BCUT2D eigenvalue weighted by Crippen LogP contribution is 2.27. The van der Waals surface area contributed by atoms with Gasteiger partial charge in [-0.15, -0.1) is 0 Å². The topological polar surface area (TPSA) is 55.9 Å². The van der Waals surface area contributed by atoms with Gasteiger partial charge in [-0.25, -0.2) is 0 Å². The van der Waals surface area contributed by atoms with Crippen molar-refractivity contribution in [2.24, 2.45) is 7.05 Å². The van der Waals surface area contributed by atoms with E-state index in [-0.39, 0.29) is 6.04 Å². The van der Waals surface area contributed by atoms with E-state index in [0.29, 0.717) is 0 Å². The highest BCUT2D eigenvalue weighted by molar-refractivity contribution is 6.30. The first-order chi connectivity index (χ1) is 9.02. The molecule has 2 aromatic rings. The van der Waals surface area contributed by atoms with Crippen LogP contribution in [0.4, 0.5) is 11.5 Å². The van der Waals surface area contributed by atoms with E-state index in [1.165, 1.54) is 0 Å². The van der Waals surface area contributed by atoms with Crippen molar-refractivity contribution in [2.75, 3.05) is 11.1 Å². The highest BCUT2D eigenvalue weighted by Gasteiger charge is 2.14. The van der Waals surface area contributed by atoms with Crippen molar-refractivity contribution in [3.63, 3.8) is 0 Å². The molecule has 0 spiro atoms. The highest BCUT2D eigenvalue weighted by atomic mass is 35.5. The summed E-state index contributed by atoms with van der Waals surface area (Å²) in [5.74, 6) is 0.851. The summed E-state index contributed by atoms with van der Waals surface area (Å²) < 4.78 is 1.79. The number of anilines is 2. The fraction of sp³-hybridized carbons (Fsp3) is 0.357. The number of nitrogen functional groups attached to an aromatic ring is 1. The number of aromatic nitrogens is 2. The van der Waals surface area contributed by atoms with Crippen LogP contribution in [0.2, 0.25) is 5.02 Å². The van der Waals surface area contributed by atoms with Crippen LogP contribution in [0.15, 0.2) is 24.3 Å². The van der Waals surface area contributed by atoms with E-state index >= 15 is 0 Å². The van der Waals surface area contributed by atoms with Gasteiger partial charge >= 0.3 is 0 Å². The minimum atomic E-state index is 0.112. The normalized spacial score (nSPS) is 12.4. The number of benzene rings is 1. The molecule has 1 unspecified atom stereocenters. The molecule has 0 saturated carbocycles. The number of hydrogen-bond donors (Lipinski definition) is 2. The molecule has 102 valence electrons. The molecular formula is C14H19ClN4. The van der Waals surface area contributed by atoms with Crippen LogP contribution in [0.5, 0.6) is 0 Å². The molecule has 0 fully saturated rings. The van der Waals surface area contributed by atoms with Gasteiger partial charge in [-0.1, -0.05) is 30.7 Å². The lowest BCUT2D eigenvalue weighted by Gasteiger charge is -2.16. The maximum atomic E-state index is 6.10. The Bertz CT molecular complexity index is 577. The molecule has 4 nitrogen and oxygen atoms in total. The largest absolute Gasteiger partial charge is 0.394 e. The monoisotopic (exact) mass is 278 g/mol. The van der Waals surface area contributed by atoms with Crippen molar-refractivity contribution in [1.29, 1.82) is 0 Å². The van der Waals surface area contributed by atoms with Crippen LogP contribution in [0.3, 0.4) is 0 Å². The second kappa shape index (κ2) is 5.53. The Labute approximate surface area is 118 Å². The zero-order valence-corrected chi connectivity index (χ0v) is 12.2. The molecule has 0 amide bonds. The minimum Gasteiger partial charge on any atom is -0.394 e. The molecule has 2 rings (SSSR count). The fourth-order valence-corrected chi connectivity index (χ4v) is 2.29. The van der Waals surface area contributed by atoms with E-state index in [0.717, 1.165) is 34.2 Å². The van der Waals surface area contributed by atoms with Crippen molar-refractivity contribution < 1.29 is 0 Å². The van der Waals surface area contributed by atoms with Crippen LogP contribution >= 0.6 is 11.6 Å². The third-order valence-corrected chi connectivity index (χ3v) is 3.43. The number of rotatable bonds is 4. The van der Waals surface area contributed by atoms with Crippen LogP contribution in [0, 0.1) is 0 Å². The molecule has 19 heavy (non-hydrogen) atoms. The Morgan fingerprint density at radius 2 is 2.21 bits per heavy atom. The fourth-order valence-electron chi connectivity index (χ4n) is 2.09. The van der Waals surface area contributed by atoms with Gasteiger partial charge in [0.15, 0.2) is 0 Å². The van der Waals surface area contributed by atoms with E-state index in [2.05, 4.69) is 17.3 Å². The summed E-state index contributed by atoms with van der Waals surface area (Å²) in [5, 5.41) is 8.52. The predicted molar refractivity (Wildman–Crippen MR) is 80.5 cm³/mol. The van der Waals surface area contributed by atoms with Gasteiger partial charge in [0.1, 0.15) is 5.82 Å². The molecular weight excluding hydrogens is 260 g/mol. The molecule has 0 aliphatic carbocycles. The number of nitrogens with zero attached hydrogens (tertiary/aromatic N) is 2. The summed E-state index contributed by atoms with van der Waals surface area (Å²) >= 11 is 6.01. The second-order valence-electron chi connectivity index (χ2n) is 4.61. The SMILES string of the molecule is CCc1nn(C)c(NC(C)c2cccc(Cl)c2)c1N. The van der Waals surface area contributed by atoms with E-state index in [9.17, 15) is 0 Å². The van der Waals surface area contributed by atoms with E-state index in [1.807, 2.05) is 38.2 Å². The zero-order valence-electron chi connectivity index (χ0n) is 11.4. The number of aryl methyl sites for hydroxylation is 2. The summed E-state index contributed by atoms with van der Waals surface area (Å²) in [7, 11) is 1.89. The summed E-state index contributed by atoms with van der Waals surface area (Å²) in [6.45, 7) is 4.12. The Kier molecular flexibility index (Phi) is 4.00. The Balaban J connectivity index is 2.24. The molecule has 1 aromatic carbocycles. The molecule has 1 heterocycles. The first-order valence-electron chi connectivity index (χ1n) is 6.36. The first-order valence-corrected chi connectivity index (χ1v) is 6.74. The van der Waals surface area contributed by atoms with Gasteiger partial charge in [-0.3, -0.25) is 4.68 Å². The quantitative estimate of drug-likeness (QED) is 0.901. The molecule has 5 heteroatoms. The van der Waals surface area contributed by atoms with E-state index in [4.69, 9.17) is 17.3 Å². The van der Waals surface area contributed by atoms with Gasteiger partial charge < -0.3 is 11.1 Å². The maximum absolute atomic E-state index is 6.10. The molecule has 0 aliphatic heterocycles. The number of nitrogens with two attached hydrogens (primary N) is 1. The van der Waals surface area contributed by atoms with E-state index < -0.39 is 0 Å². The van der Waals surface area contributed by atoms with Crippen molar-refractivity contribution in [1.82, 2.24) is 9.78 Å². The van der Waals surface area contributed by atoms with Crippen molar-refractivity contribution >= 4 is 23.1 Å². The van der Waals surface area contributed by atoms with Crippen molar-refractivity contribution in [3.05, 3.63) is 40.5 Å². The number of hydrogen-bond acceptors (Lipinski definition) is 3. The third kappa shape index (κ3) is 2.84. The molecule has 1 aromatic heterocycles. The minimum absolute atomic E-state index is 0.112. The lowest BCUT2D eigenvalue weighted by atomic mass is 10.1. The van der Waals surface area contributed by atoms with Gasteiger partial charge in [-0.05, 0) is 31.0 Å². The lowest BCUT2D eigenvalue weighted by Crippen LogP contribution is -2.11. The van der Waals surface area contributed by atoms with Crippen LogP contribution < -0.4 is 11.1 Å². The Morgan fingerprint density at radius 3 is 2.79 bits per heavy atom. The predicted octanol–water partition coefficient (Wildman–Crippen LogP) is 3.39. The Hall–Kier alpha value is -1.68. The molecule has 0 aliphatic rings. The molecule has 1 atom stereocenters. The van der Waals surface area contributed by atoms with Crippen molar-refractivity contribution in [2.45, 2.75) is 26.3 Å². The summed E-state index contributed by atoms with van der Waals surface area (Å²) in [4.78, 5) is 0. The van der Waals surface area contributed by atoms with Crippen LogP contribution in [0.1, 0.15) is 31.1 Å². The van der Waals surface area contributed by atoms with Gasteiger partial charge in [0.2, 0.25) is 0 Å². The third-order valence-electron chi connectivity index (χ3n) is 3.20. The van der Waals surface area contributed by atoms with Crippen LogP contribution in [-0.2, 0) is 13.5 Å². The van der Waals surface area contributed by atoms with Gasteiger partial charge in [0, 0.05) is 12.1 Å². The van der Waals surface area contributed by atoms with Gasteiger partial charge in [0.05, 0.1) is 17.4 Å². The summed E-state index contributed by atoms with van der Waals surface area (Å²) in [6.07, 6.45) is 0.826. The zero-order chi connectivity index (χ0) is 14.0. The van der Waals surface area contributed by atoms with E-state index in [1.54, 1.807) is 4.68 Å². The second-order valence-corrected chi connectivity index (χ2v) is 5.04.